The highest BCUT2D eigenvalue weighted by Crippen LogP contribution is 2.40. The molecule has 3 amide bonds. The van der Waals surface area contributed by atoms with Crippen LogP contribution in [-0.4, -0.2) is 150 Å². The molecule has 4 aromatic carbocycles. The van der Waals surface area contributed by atoms with E-state index in [4.69, 9.17) is 67.7 Å². The van der Waals surface area contributed by atoms with Crippen molar-refractivity contribution in [2.45, 2.75) is 65.0 Å². The molecule has 436 valence electrons. The number of carbonyl (C=O) groups is 4. The summed E-state index contributed by atoms with van der Waals surface area (Å²) >= 11 is 33.0. The van der Waals surface area contributed by atoms with Crippen LogP contribution in [0.1, 0.15) is 81.6 Å². The Labute approximate surface area is 514 Å². The topological polar surface area (TPSA) is 166 Å². The fourth-order valence-corrected chi connectivity index (χ4v) is 12.4. The molecule has 2 fully saturated rings. The van der Waals surface area contributed by atoms with E-state index in [0.717, 1.165) is 90.9 Å². The van der Waals surface area contributed by atoms with Gasteiger partial charge < -0.3 is 30.5 Å². The van der Waals surface area contributed by atoms with Crippen molar-refractivity contribution in [1.29, 1.82) is 0 Å². The standard InChI is InChI=1S/C62H67Cl5N10O5S/c1-39-40(2)83-62-57(39)58(45-14-16-48(63)17-15-45)71-53(60-73-72-41(3)77(60)62)36-56(79)69-20-24-75-27-25-74(26-28-75)23-8-7-11-55(78)70-22-30-82-29-21-68-54(35-42-9-5-4-6-10-42)61(81)76-37-46(31-43-12-18-49(64)51(66)33-43)59(80)47(38-76)32-44-13-19-50(65)52(67)34-44/h4-6,9-10,12-19,31-34,53-54,68H,7-8,11,20-30,35-38H2,1-3H3,(H,69,79)(H,70,78)/b46-31+,47-32+/t53-,54-/m0/s1. The van der Waals surface area contributed by atoms with E-state index in [1.54, 1.807) is 64.8 Å². The highest BCUT2D eigenvalue weighted by Gasteiger charge is 2.35. The minimum Gasteiger partial charge on any atom is -0.378 e. The molecule has 3 N–H and O–H groups in total. The van der Waals surface area contributed by atoms with Crippen molar-refractivity contribution in [1.82, 2.24) is 45.4 Å². The minimum absolute atomic E-state index is 0.0150. The number of likely N-dealkylation sites (tertiary alicyclic amines) is 1. The van der Waals surface area contributed by atoms with Gasteiger partial charge >= 0.3 is 0 Å². The monoisotopic (exact) mass is 1240 g/mol. The Balaban J connectivity index is 0.675. The van der Waals surface area contributed by atoms with Crippen LogP contribution in [0.3, 0.4) is 0 Å². The molecular weight excluding hydrogens is 1170 g/mol. The average molecular weight is 1240 g/mol. The molecule has 0 bridgehead atoms. The molecular formula is C62H67Cl5N10O5S. The maximum absolute atomic E-state index is 14.6. The van der Waals surface area contributed by atoms with Gasteiger partial charge in [-0.15, -0.1) is 21.5 Å². The van der Waals surface area contributed by atoms with Crippen LogP contribution in [0, 0.1) is 20.8 Å². The summed E-state index contributed by atoms with van der Waals surface area (Å²) in [5, 5.41) is 21.6. The molecule has 0 radical (unpaired) electrons. The second-order valence-electron chi connectivity index (χ2n) is 21.0. The highest BCUT2D eigenvalue weighted by atomic mass is 35.5. The third-order valence-corrected chi connectivity index (χ3v) is 18.0. The average Bonchev–Trinajstić information content (AvgIpc) is 3.99. The summed E-state index contributed by atoms with van der Waals surface area (Å²) in [5.41, 5.74) is 7.08. The quantitative estimate of drug-likeness (QED) is 0.0415. The molecule has 0 spiro atoms. The fourth-order valence-electron chi connectivity index (χ4n) is 10.5. The fraction of sp³-hybridized carbons (Fsp3) is 0.371. The molecule has 5 heterocycles. The second-order valence-corrected chi connectivity index (χ2v) is 24.2. The normalized spacial score (nSPS) is 17.1. The number of amides is 3. The molecule has 2 atom stereocenters. The maximum Gasteiger partial charge on any atom is 0.240 e. The molecule has 9 rings (SSSR count). The first-order valence-corrected chi connectivity index (χ1v) is 30.6. The van der Waals surface area contributed by atoms with E-state index in [-0.39, 0.29) is 43.0 Å². The molecule has 0 aliphatic carbocycles. The van der Waals surface area contributed by atoms with E-state index in [2.05, 4.69) is 54.4 Å². The van der Waals surface area contributed by atoms with Gasteiger partial charge in [-0.3, -0.25) is 33.6 Å². The van der Waals surface area contributed by atoms with Crippen LogP contribution in [0.4, 0.5) is 0 Å². The van der Waals surface area contributed by atoms with Gasteiger partial charge in [0.2, 0.25) is 17.7 Å². The molecule has 3 aliphatic rings. The Kier molecular flexibility index (Phi) is 21.9. The number of aliphatic imine (C=N–C) groups is 1. The van der Waals surface area contributed by atoms with E-state index >= 15 is 0 Å². The summed E-state index contributed by atoms with van der Waals surface area (Å²) < 4.78 is 7.97. The number of Topliss-reactive ketones (excluding diaryl/α,β-unsaturated/α-hetero) is 1. The number of rotatable bonds is 23. The Bertz CT molecular complexity index is 3320. The largest absolute Gasteiger partial charge is 0.378 e. The number of hydrogen-bond donors (Lipinski definition) is 3. The predicted molar refractivity (Wildman–Crippen MR) is 334 cm³/mol. The summed E-state index contributed by atoms with van der Waals surface area (Å²) in [6.45, 7) is 13.5. The highest BCUT2D eigenvalue weighted by molar-refractivity contribution is 7.15. The zero-order chi connectivity index (χ0) is 58.6. The third-order valence-electron chi connectivity index (χ3n) is 15.1. The Morgan fingerprint density at radius 3 is 2.00 bits per heavy atom. The number of nitrogens with zero attached hydrogens (tertiary/aromatic N) is 7. The maximum atomic E-state index is 14.6. The van der Waals surface area contributed by atoms with Gasteiger partial charge in [0.1, 0.15) is 16.9 Å². The first-order chi connectivity index (χ1) is 40.1. The number of aryl methyl sites for hydroxylation is 2. The number of nitrogens with one attached hydrogen (secondary N) is 3. The van der Waals surface area contributed by atoms with Crippen LogP contribution in [0.15, 0.2) is 107 Å². The lowest BCUT2D eigenvalue weighted by Crippen LogP contribution is -2.52. The minimum atomic E-state index is -0.633. The van der Waals surface area contributed by atoms with Gasteiger partial charge in [0, 0.05) is 104 Å². The molecule has 0 unspecified atom stereocenters. The Morgan fingerprint density at radius 2 is 1.35 bits per heavy atom. The number of ether oxygens (including phenoxy) is 1. The van der Waals surface area contributed by atoms with E-state index < -0.39 is 12.1 Å². The summed E-state index contributed by atoms with van der Waals surface area (Å²) in [4.78, 5) is 67.8. The molecule has 6 aromatic rings. The lowest BCUT2D eigenvalue weighted by molar-refractivity contribution is -0.133. The van der Waals surface area contributed by atoms with Gasteiger partial charge in [0.15, 0.2) is 11.6 Å². The zero-order valence-corrected chi connectivity index (χ0v) is 51.3. The van der Waals surface area contributed by atoms with Crippen LogP contribution < -0.4 is 16.0 Å². The van der Waals surface area contributed by atoms with Gasteiger partial charge in [-0.1, -0.05) is 113 Å². The smallest absolute Gasteiger partial charge is 0.240 e. The van der Waals surface area contributed by atoms with E-state index in [9.17, 15) is 19.2 Å². The Hall–Kier alpha value is -5.76. The van der Waals surface area contributed by atoms with Crippen molar-refractivity contribution in [2.24, 2.45) is 4.99 Å². The van der Waals surface area contributed by atoms with Crippen molar-refractivity contribution >= 4 is 111 Å². The van der Waals surface area contributed by atoms with Crippen molar-refractivity contribution in [3.05, 3.63) is 177 Å². The zero-order valence-electron chi connectivity index (χ0n) is 46.7. The number of hydrogen-bond acceptors (Lipinski definition) is 12. The second kappa shape index (κ2) is 29.4. The van der Waals surface area contributed by atoms with Crippen molar-refractivity contribution < 1.29 is 23.9 Å². The number of aromatic nitrogens is 3. The molecule has 0 saturated carbocycles. The van der Waals surface area contributed by atoms with Crippen LogP contribution >= 0.6 is 69.3 Å². The number of piperidine rings is 1. The number of fused-ring (bicyclic) bond motifs is 3. The van der Waals surface area contributed by atoms with E-state index in [1.807, 2.05) is 61.5 Å². The van der Waals surface area contributed by atoms with Crippen molar-refractivity contribution in [2.75, 3.05) is 85.2 Å². The number of piperazine rings is 1. The molecule has 83 heavy (non-hydrogen) atoms. The number of benzene rings is 4. The number of thiophene rings is 1. The van der Waals surface area contributed by atoms with Crippen LogP contribution in [-0.2, 0) is 30.3 Å². The van der Waals surface area contributed by atoms with Crippen molar-refractivity contribution in [3.8, 4) is 5.00 Å². The number of ketones is 1. The van der Waals surface area contributed by atoms with E-state index in [1.165, 1.54) is 4.88 Å². The number of unbranched alkanes of at least 4 members (excludes halogenated alkanes) is 1. The number of halogens is 5. The lowest BCUT2D eigenvalue weighted by atomic mass is 9.93. The summed E-state index contributed by atoms with van der Waals surface area (Å²) in [7, 11) is 0. The molecule has 2 aromatic heterocycles. The van der Waals surface area contributed by atoms with Gasteiger partial charge in [-0.25, -0.2) is 0 Å². The first-order valence-electron chi connectivity index (χ1n) is 27.9. The molecule has 21 heteroatoms. The lowest BCUT2D eigenvalue weighted by Gasteiger charge is -2.34. The van der Waals surface area contributed by atoms with Gasteiger partial charge in [0.25, 0.3) is 0 Å². The molecule has 2 saturated heterocycles. The first kappa shape index (κ1) is 61.8. The van der Waals surface area contributed by atoms with Gasteiger partial charge in [-0.2, -0.15) is 0 Å². The van der Waals surface area contributed by atoms with Gasteiger partial charge in [0.05, 0.1) is 51.5 Å². The molecule has 3 aliphatic heterocycles. The third kappa shape index (κ3) is 16.4. The van der Waals surface area contributed by atoms with Crippen LogP contribution in [0.25, 0.3) is 17.2 Å². The van der Waals surface area contributed by atoms with E-state index in [0.29, 0.717) is 98.9 Å². The van der Waals surface area contributed by atoms with Gasteiger partial charge in [-0.05, 0) is 117 Å². The molecule has 15 nitrogen and oxygen atoms in total. The van der Waals surface area contributed by atoms with Crippen molar-refractivity contribution in [3.63, 3.8) is 0 Å². The Morgan fingerprint density at radius 1 is 0.723 bits per heavy atom. The number of carbonyl (C=O) groups excluding carboxylic acids is 4. The van der Waals surface area contributed by atoms with Crippen LogP contribution in [0.2, 0.25) is 25.1 Å². The van der Waals surface area contributed by atoms with Crippen LogP contribution in [0.5, 0.6) is 0 Å². The summed E-state index contributed by atoms with van der Waals surface area (Å²) in [6, 6.07) is 26.5. The summed E-state index contributed by atoms with van der Waals surface area (Å²) in [6.07, 6.45) is 6.15. The predicted octanol–water partition coefficient (Wildman–Crippen LogP) is 10.6. The summed E-state index contributed by atoms with van der Waals surface area (Å²) in [5.74, 6) is 0.930. The SMILES string of the molecule is Cc1sc2c(c1C)C(c1ccc(Cl)cc1)=N[C@@H](CC(=O)NCCN1CCN(CCCCC(=O)NCCOCCN[C@@H](Cc3ccccc3)C(=O)N3C/C(=C\c4ccc(Cl)c(Cl)c4)C(=O)/C(=C/c4ccc(Cl)c(Cl)c4)C3)CC1)c1nnc(C)n1-2.